The molecule has 0 aromatic heterocycles. The average Bonchev–Trinajstić information content (AvgIpc) is 0.671. The van der Waals surface area contributed by atoms with Gasteiger partial charge in [-0.25, -0.2) is 19.2 Å². The Labute approximate surface area is 526 Å². The van der Waals surface area contributed by atoms with Crippen LogP contribution in [0.1, 0.15) is 125 Å². The highest BCUT2D eigenvalue weighted by atomic mass is 16.7. The lowest BCUT2D eigenvalue weighted by atomic mass is 9.44. The number of nitrogens with one attached hydrogen (secondary N) is 3. The normalized spacial score (nSPS) is 25.9. The van der Waals surface area contributed by atoms with Crippen molar-refractivity contribution in [2.75, 3.05) is 18.5 Å². The lowest BCUT2D eigenvalue weighted by molar-refractivity contribution is -0.346. The maximum absolute atomic E-state index is 15.9. The van der Waals surface area contributed by atoms with Crippen molar-refractivity contribution in [2.24, 2.45) is 40.1 Å². The molecule has 4 aromatic carbocycles. The van der Waals surface area contributed by atoms with Gasteiger partial charge in [0.15, 0.2) is 23.3 Å². The molecule has 3 aliphatic carbocycles. The molecule has 24 nitrogen and oxygen atoms in total. The predicted octanol–water partition coefficient (Wildman–Crippen LogP) is 6.04. The van der Waals surface area contributed by atoms with E-state index >= 15 is 9.59 Å². The van der Waals surface area contributed by atoms with Crippen molar-refractivity contribution in [1.82, 2.24) is 10.6 Å². The van der Waals surface area contributed by atoms with E-state index in [2.05, 4.69) is 16.0 Å². The number of nitrogens with two attached hydrogens (primary N) is 2. The molecular weight excluding hydrogens is 1180 g/mol. The summed E-state index contributed by atoms with van der Waals surface area (Å²) in [6.45, 7) is 10.9. The highest BCUT2D eigenvalue weighted by Gasteiger charge is 2.78. The largest absolute Gasteiger partial charge is 0.509 e. The molecule has 8 rings (SSSR count). The van der Waals surface area contributed by atoms with Crippen LogP contribution >= 0.6 is 0 Å². The first kappa shape index (κ1) is 68.1. The van der Waals surface area contributed by atoms with Crippen molar-refractivity contribution >= 4 is 65.1 Å². The summed E-state index contributed by atoms with van der Waals surface area (Å²) in [5.41, 5.74) is 3.97. The second kappa shape index (κ2) is 28.1. The van der Waals surface area contributed by atoms with E-state index < -0.39 is 149 Å². The van der Waals surface area contributed by atoms with Gasteiger partial charge in [0.2, 0.25) is 12.0 Å². The first-order chi connectivity index (χ1) is 43.0. The van der Waals surface area contributed by atoms with Gasteiger partial charge in [-0.05, 0) is 91.3 Å². The van der Waals surface area contributed by atoms with Crippen molar-refractivity contribution in [1.29, 1.82) is 0 Å². The van der Waals surface area contributed by atoms with Crippen LogP contribution in [0.15, 0.2) is 126 Å². The van der Waals surface area contributed by atoms with Crippen LogP contribution in [0.3, 0.4) is 0 Å². The van der Waals surface area contributed by atoms with E-state index in [0.29, 0.717) is 17.7 Å². The first-order valence-electron chi connectivity index (χ1n) is 30.1. The molecule has 1 saturated heterocycles. The number of hydrogen-bond acceptors (Lipinski definition) is 20. The fraction of sp³-hybridized carbons (Fsp3) is 0.463. The number of amides is 4. The molecule has 9 N–H and O–H groups in total. The second-order valence-electron chi connectivity index (χ2n) is 24.7. The van der Waals surface area contributed by atoms with Crippen LogP contribution in [0.4, 0.5) is 15.3 Å². The lowest BCUT2D eigenvalue weighted by Crippen LogP contribution is -2.82. The molecule has 2 bridgehead atoms. The molecule has 1 aliphatic heterocycles. The van der Waals surface area contributed by atoms with Gasteiger partial charge in [-0.1, -0.05) is 107 Å². The molecule has 4 aliphatic rings. The summed E-state index contributed by atoms with van der Waals surface area (Å²) >= 11 is 0. The van der Waals surface area contributed by atoms with E-state index in [4.69, 9.17) is 44.6 Å². The second-order valence-corrected chi connectivity index (χ2v) is 24.7. The molecule has 4 aromatic rings. The third-order valence-corrected chi connectivity index (χ3v) is 18.2. The Morgan fingerprint density at radius 1 is 0.802 bits per heavy atom. The summed E-state index contributed by atoms with van der Waals surface area (Å²) in [5, 5.41) is 34.5. The van der Waals surface area contributed by atoms with Crippen molar-refractivity contribution in [3.63, 3.8) is 0 Å². The van der Waals surface area contributed by atoms with Crippen LogP contribution in [-0.2, 0) is 68.5 Å². The summed E-state index contributed by atoms with van der Waals surface area (Å²) < 4.78 is 42.6. The SMILES string of the molecule is CC(=O)O[C@H]1C(=O)[C@@]2(C)[C@H]([C@H](OC(=O)c3ccccc3)[C@]3(O)C[C@H](OC(=O)[C@H](OC(=O)OCc4ccc(NC(=O)C(CCCNC(N)=O)CC(=O)C(N)C(C)C)cc4)[C@@H](NC(=O)c4ccccc4)c4ccccc4)C(C)=C1C3(C)C)[C@]1(OC(C)=O)CO[C@@H]1C[C@@H]2O. The fourth-order valence-corrected chi connectivity index (χ4v) is 13.1. The highest BCUT2D eigenvalue weighted by Crippen LogP contribution is 2.64. The Balaban J connectivity index is 1.16. The molecular formula is C67H79N5O19. The topological polar surface area (TPSA) is 364 Å². The zero-order chi connectivity index (χ0) is 66.3. The number of ketones is 2. The molecule has 486 valence electrons. The van der Waals surface area contributed by atoms with Gasteiger partial charge in [0, 0.05) is 62.2 Å². The molecule has 0 spiro atoms. The number of ether oxygens (including phenoxy) is 7. The number of rotatable bonds is 23. The molecule has 13 atom stereocenters. The summed E-state index contributed by atoms with van der Waals surface area (Å²) in [6, 6.07) is 26.6. The van der Waals surface area contributed by atoms with Gasteiger partial charge < -0.3 is 70.8 Å². The van der Waals surface area contributed by atoms with E-state index in [1.807, 2.05) is 0 Å². The van der Waals surface area contributed by atoms with E-state index in [1.165, 1.54) is 76.2 Å². The molecule has 4 amide bonds. The minimum Gasteiger partial charge on any atom is -0.455 e. The Hall–Kier alpha value is -8.84. The van der Waals surface area contributed by atoms with Gasteiger partial charge in [0.25, 0.3) is 5.91 Å². The summed E-state index contributed by atoms with van der Waals surface area (Å²) in [4.78, 5) is 139. The van der Waals surface area contributed by atoms with E-state index in [0.717, 1.165) is 13.8 Å². The Bertz CT molecular complexity index is 3420. The summed E-state index contributed by atoms with van der Waals surface area (Å²) in [5.74, 6) is -9.25. The molecule has 24 heteroatoms. The summed E-state index contributed by atoms with van der Waals surface area (Å²) in [7, 11) is 0. The molecule has 2 saturated carbocycles. The maximum atomic E-state index is 15.9. The lowest BCUT2D eigenvalue weighted by Gasteiger charge is -2.67. The minimum absolute atomic E-state index is 0.00606. The number of carbonyl (C=O) groups is 10. The van der Waals surface area contributed by atoms with Gasteiger partial charge in [-0.2, -0.15) is 0 Å². The molecule has 91 heavy (non-hydrogen) atoms. The number of urea groups is 1. The number of primary amides is 1. The predicted molar refractivity (Wildman–Crippen MR) is 325 cm³/mol. The number of anilines is 1. The number of Topliss-reactive ketones (excluding diaryl/α,β-unsaturated/α-hetero) is 2. The number of fused-ring (bicyclic) bond motifs is 5. The van der Waals surface area contributed by atoms with Gasteiger partial charge in [0.1, 0.15) is 36.6 Å². The average molecular weight is 1260 g/mol. The fourth-order valence-electron chi connectivity index (χ4n) is 13.1. The Morgan fingerprint density at radius 2 is 1.42 bits per heavy atom. The van der Waals surface area contributed by atoms with Crippen molar-refractivity contribution < 1.29 is 91.3 Å². The zero-order valence-corrected chi connectivity index (χ0v) is 52.0. The number of esters is 4. The van der Waals surface area contributed by atoms with Crippen LogP contribution in [0, 0.1) is 28.6 Å². The molecule has 0 radical (unpaired) electrons. The van der Waals surface area contributed by atoms with Gasteiger partial charge in [0.05, 0.1) is 35.6 Å². The highest BCUT2D eigenvalue weighted by molar-refractivity contribution is 5.98. The van der Waals surface area contributed by atoms with Crippen molar-refractivity contribution in [3.8, 4) is 0 Å². The number of benzene rings is 4. The van der Waals surface area contributed by atoms with Crippen molar-refractivity contribution in [3.05, 3.63) is 149 Å². The van der Waals surface area contributed by atoms with Crippen LogP contribution < -0.4 is 27.4 Å². The summed E-state index contributed by atoms with van der Waals surface area (Å²) in [6.07, 6.45) is -12.5. The molecule has 1 heterocycles. The zero-order valence-electron chi connectivity index (χ0n) is 52.0. The van der Waals surface area contributed by atoms with Gasteiger partial charge in [-0.3, -0.25) is 28.8 Å². The maximum Gasteiger partial charge on any atom is 0.509 e. The van der Waals surface area contributed by atoms with Crippen LogP contribution in [0.5, 0.6) is 0 Å². The molecule has 2 unspecified atom stereocenters. The number of hydrogen-bond donors (Lipinski definition) is 7. The van der Waals surface area contributed by atoms with E-state index in [-0.39, 0.29) is 72.0 Å². The minimum atomic E-state index is -2.55. The third-order valence-electron chi connectivity index (χ3n) is 18.2. The number of carbonyl (C=O) groups excluding carboxylic acids is 10. The Kier molecular flexibility index (Phi) is 21.0. The van der Waals surface area contributed by atoms with Crippen LogP contribution in [-0.4, -0.2) is 137 Å². The van der Waals surface area contributed by atoms with Crippen LogP contribution in [0.2, 0.25) is 0 Å². The van der Waals surface area contributed by atoms with Crippen LogP contribution in [0.25, 0.3) is 0 Å². The monoisotopic (exact) mass is 1260 g/mol. The van der Waals surface area contributed by atoms with E-state index in [9.17, 15) is 48.6 Å². The first-order valence-corrected chi connectivity index (χ1v) is 30.1. The smallest absolute Gasteiger partial charge is 0.455 e. The van der Waals surface area contributed by atoms with Crippen molar-refractivity contribution in [2.45, 2.75) is 154 Å². The van der Waals surface area contributed by atoms with E-state index in [1.54, 1.807) is 80.6 Å². The standard InChI is InChI=1S/C67H79N5O19/c1-36(2)51(68)46(75)31-44(25-18-30-70-62(69)82)59(79)71-45-28-26-40(27-29-45)34-85-63(83)89-54(52(41-19-12-9-13-20-41)72-58(78)42-21-14-10-15-22-42)61(81)88-47-33-67(84)57(90-60(80)43-23-16-11-17-24-43)55-65(8,48(76)32-49-66(55,35-86-49)91-39(5)74)56(77)53(87-38(4)73)50(37(47)3)64(67,6)7/h9-17,19-24,26-29,36,44,47-49,51-55,57,76,84H,18,25,30-35,68H2,1-8H3,(H,71,79)(H,72,78)(H3,69,70,82)/t44?,47-,48-,49+,51?,52-,53+,54+,55-,57-,65+,66-,67+/m0/s1. The quantitative estimate of drug-likeness (QED) is 0.0192. The number of aliphatic hydroxyl groups is 2. The number of aliphatic hydroxyl groups excluding tert-OH is 1. The molecule has 3 fully saturated rings. The van der Waals surface area contributed by atoms with Gasteiger partial charge in [-0.15, -0.1) is 0 Å². The third kappa shape index (κ3) is 14.4. The Morgan fingerprint density at radius 3 is 1.99 bits per heavy atom. The van der Waals surface area contributed by atoms with Gasteiger partial charge >= 0.3 is 36.1 Å².